The molecule has 3 heterocycles. The molecule has 0 fully saturated rings. The van der Waals surface area contributed by atoms with Crippen molar-refractivity contribution in [3.8, 4) is 11.5 Å². The normalized spacial score (nSPS) is 15.4. The third kappa shape index (κ3) is 4.35. The van der Waals surface area contributed by atoms with Gasteiger partial charge in [-0.2, -0.15) is 0 Å². The van der Waals surface area contributed by atoms with E-state index in [0.717, 1.165) is 11.3 Å². The Morgan fingerprint density at radius 1 is 1.29 bits per heavy atom. The standard InChI is InChI=1S/C23H21N3O8S/c1-5-33-22(28)19-12(2)24-23-25(20(19)15-10-13(31-3)6-8-16(15)32-4)21(27)17(35-23)11-14-7-9-18(34-14)26(29)30/h6-11,20H,5H2,1-4H3/b17-11+/t20-/m1/s1. The van der Waals surface area contributed by atoms with Gasteiger partial charge in [0.2, 0.25) is 0 Å². The molecule has 35 heavy (non-hydrogen) atoms. The molecule has 3 aromatic rings. The summed E-state index contributed by atoms with van der Waals surface area (Å²) < 4.78 is 23.0. The average molecular weight is 500 g/mol. The summed E-state index contributed by atoms with van der Waals surface area (Å²) in [6.45, 7) is 3.49. The fraction of sp³-hybridized carbons (Fsp3) is 0.261. The summed E-state index contributed by atoms with van der Waals surface area (Å²) in [6, 6.07) is 6.77. The molecule has 0 N–H and O–H groups in total. The van der Waals surface area contributed by atoms with E-state index in [1.165, 1.54) is 37.0 Å². The van der Waals surface area contributed by atoms with E-state index in [1.54, 1.807) is 32.0 Å². The zero-order valence-corrected chi connectivity index (χ0v) is 20.1. The van der Waals surface area contributed by atoms with Crippen molar-refractivity contribution in [1.29, 1.82) is 0 Å². The van der Waals surface area contributed by atoms with E-state index in [-0.39, 0.29) is 22.5 Å². The van der Waals surface area contributed by atoms with Gasteiger partial charge in [-0.15, -0.1) is 0 Å². The minimum Gasteiger partial charge on any atom is -0.497 e. The number of nitro groups is 1. The van der Waals surface area contributed by atoms with Crippen LogP contribution in [0.1, 0.15) is 31.2 Å². The van der Waals surface area contributed by atoms with Gasteiger partial charge in [0.25, 0.3) is 5.56 Å². The van der Waals surface area contributed by atoms with E-state index in [4.69, 9.17) is 18.6 Å². The first-order valence-corrected chi connectivity index (χ1v) is 11.3. The van der Waals surface area contributed by atoms with E-state index in [1.807, 2.05) is 0 Å². The number of esters is 1. The van der Waals surface area contributed by atoms with Gasteiger partial charge in [0.05, 0.1) is 42.7 Å². The lowest BCUT2D eigenvalue weighted by atomic mass is 9.95. The van der Waals surface area contributed by atoms with Crippen molar-refractivity contribution in [2.24, 2.45) is 4.99 Å². The molecule has 0 saturated carbocycles. The van der Waals surface area contributed by atoms with E-state index in [2.05, 4.69) is 4.99 Å². The van der Waals surface area contributed by atoms with Crippen LogP contribution < -0.4 is 24.4 Å². The summed E-state index contributed by atoms with van der Waals surface area (Å²) in [7, 11) is 2.99. The van der Waals surface area contributed by atoms with E-state index in [0.29, 0.717) is 27.6 Å². The summed E-state index contributed by atoms with van der Waals surface area (Å²) in [5, 5.41) is 10.9. The molecular formula is C23H21N3O8S. The van der Waals surface area contributed by atoms with Crippen LogP contribution in [0.2, 0.25) is 0 Å². The summed E-state index contributed by atoms with van der Waals surface area (Å²) in [6.07, 6.45) is 1.40. The molecule has 0 saturated heterocycles. The largest absolute Gasteiger partial charge is 0.497 e. The molecular weight excluding hydrogens is 478 g/mol. The third-order valence-corrected chi connectivity index (χ3v) is 6.30. The Kier molecular flexibility index (Phi) is 6.56. The highest BCUT2D eigenvalue weighted by Gasteiger charge is 2.35. The quantitative estimate of drug-likeness (QED) is 0.275. The van der Waals surface area contributed by atoms with Gasteiger partial charge in [-0.3, -0.25) is 19.5 Å². The number of methoxy groups -OCH3 is 2. The molecule has 182 valence electrons. The van der Waals surface area contributed by atoms with Crippen LogP contribution in [0.25, 0.3) is 6.08 Å². The van der Waals surface area contributed by atoms with Gasteiger partial charge >= 0.3 is 11.9 Å². The summed E-state index contributed by atoms with van der Waals surface area (Å²) in [4.78, 5) is 41.7. The molecule has 0 radical (unpaired) electrons. The van der Waals surface area contributed by atoms with Crippen LogP contribution in [-0.2, 0) is 9.53 Å². The number of benzene rings is 1. The predicted molar refractivity (Wildman–Crippen MR) is 125 cm³/mol. The molecule has 1 aliphatic heterocycles. The zero-order chi connectivity index (χ0) is 25.3. The van der Waals surface area contributed by atoms with Crippen molar-refractivity contribution in [3.05, 3.63) is 82.7 Å². The molecule has 11 nitrogen and oxygen atoms in total. The Morgan fingerprint density at radius 3 is 2.69 bits per heavy atom. The van der Waals surface area contributed by atoms with Crippen molar-refractivity contribution in [2.45, 2.75) is 19.9 Å². The Balaban J connectivity index is 1.99. The van der Waals surface area contributed by atoms with Crippen molar-refractivity contribution < 1.29 is 28.3 Å². The Labute approximate surface area is 202 Å². The molecule has 0 bridgehead atoms. The maximum atomic E-state index is 13.6. The first kappa shape index (κ1) is 24.0. The van der Waals surface area contributed by atoms with Gasteiger partial charge in [0, 0.05) is 11.6 Å². The van der Waals surface area contributed by atoms with Crippen molar-refractivity contribution in [2.75, 3.05) is 20.8 Å². The van der Waals surface area contributed by atoms with Crippen molar-refractivity contribution in [3.63, 3.8) is 0 Å². The number of ether oxygens (including phenoxy) is 3. The number of hydrogen-bond donors (Lipinski definition) is 0. The van der Waals surface area contributed by atoms with Crippen LogP contribution in [0.3, 0.4) is 0 Å². The first-order valence-electron chi connectivity index (χ1n) is 10.4. The van der Waals surface area contributed by atoms with Crippen LogP contribution in [0.15, 0.2) is 55.8 Å². The molecule has 12 heteroatoms. The Morgan fingerprint density at radius 2 is 2.06 bits per heavy atom. The minimum atomic E-state index is -0.913. The van der Waals surface area contributed by atoms with Gasteiger partial charge < -0.3 is 18.6 Å². The average Bonchev–Trinajstić information content (AvgIpc) is 3.42. The molecule has 0 aliphatic carbocycles. The number of hydrogen-bond acceptors (Lipinski definition) is 10. The van der Waals surface area contributed by atoms with Crippen molar-refractivity contribution in [1.82, 2.24) is 4.57 Å². The predicted octanol–water partition coefficient (Wildman–Crippen LogP) is 2.32. The van der Waals surface area contributed by atoms with Crippen LogP contribution in [0.4, 0.5) is 5.88 Å². The number of carbonyl (C=O) groups is 1. The molecule has 0 unspecified atom stereocenters. The molecule has 1 aliphatic rings. The van der Waals surface area contributed by atoms with Gasteiger partial charge in [0.15, 0.2) is 4.80 Å². The molecule has 1 aromatic carbocycles. The van der Waals surface area contributed by atoms with Crippen LogP contribution in [-0.4, -0.2) is 36.3 Å². The maximum Gasteiger partial charge on any atom is 0.433 e. The molecule has 4 rings (SSSR count). The first-order chi connectivity index (χ1) is 16.8. The highest BCUT2D eigenvalue weighted by atomic mass is 32.1. The number of fused-ring (bicyclic) bond motifs is 1. The number of nitrogens with zero attached hydrogens (tertiary/aromatic N) is 3. The molecule has 0 spiro atoms. The highest BCUT2D eigenvalue weighted by molar-refractivity contribution is 7.07. The second-order valence-electron chi connectivity index (χ2n) is 7.34. The topological polar surface area (TPSA) is 135 Å². The number of thiazole rings is 1. The van der Waals surface area contributed by atoms with Crippen molar-refractivity contribution >= 4 is 29.3 Å². The number of aromatic nitrogens is 1. The summed E-state index contributed by atoms with van der Waals surface area (Å²) in [5.41, 5.74) is 0.619. The van der Waals surface area contributed by atoms with Crippen LogP contribution in [0.5, 0.6) is 11.5 Å². The number of rotatable bonds is 7. The van der Waals surface area contributed by atoms with E-state index in [9.17, 15) is 19.7 Å². The zero-order valence-electron chi connectivity index (χ0n) is 19.3. The number of carbonyl (C=O) groups excluding carboxylic acids is 1. The van der Waals surface area contributed by atoms with Gasteiger partial charge in [-0.25, -0.2) is 9.79 Å². The van der Waals surface area contributed by atoms with Crippen LogP contribution >= 0.6 is 11.3 Å². The Hall–Kier alpha value is -4.19. The van der Waals surface area contributed by atoms with E-state index >= 15 is 0 Å². The lowest BCUT2D eigenvalue weighted by molar-refractivity contribution is -0.402. The second kappa shape index (κ2) is 9.58. The summed E-state index contributed by atoms with van der Waals surface area (Å²) in [5.74, 6) is 0.0223. The van der Waals surface area contributed by atoms with Crippen LogP contribution in [0, 0.1) is 10.1 Å². The number of furan rings is 1. The maximum absolute atomic E-state index is 13.6. The summed E-state index contributed by atoms with van der Waals surface area (Å²) >= 11 is 1.07. The lowest BCUT2D eigenvalue weighted by Gasteiger charge is -2.26. The fourth-order valence-electron chi connectivity index (χ4n) is 3.79. The van der Waals surface area contributed by atoms with Gasteiger partial charge in [-0.05, 0) is 38.1 Å². The monoisotopic (exact) mass is 499 g/mol. The Bertz CT molecular complexity index is 1530. The number of allylic oxidation sites excluding steroid dienone is 1. The third-order valence-electron chi connectivity index (χ3n) is 5.31. The fourth-order valence-corrected chi connectivity index (χ4v) is 4.81. The SMILES string of the molecule is CCOC(=O)C1=C(C)N=c2s/c(=C/c3ccc([N+](=O)[O-])o3)c(=O)n2[C@@H]1c1cc(OC)ccc1OC. The minimum absolute atomic E-state index is 0.138. The molecule has 1 atom stereocenters. The van der Waals surface area contributed by atoms with Gasteiger partial charge in [-0.1, -0.05) is 11.3 Å². The smallest absolute Gasteiger partial charge is 0.433 e. The lowest BCUT2D eigenvalue weighted by Crippen LogP contribution is -2.40. The molecule has 0 amide bonds. The van der Waals surface area contributed by atoms with E-state index < -0.39 is 28.4 Å². The molecule has 2 aromatic heterocycles. The second-order valence-corrected chi connectivity index (χ2v) is 8.35. The van der Waals surface area contributed by atoms with Gasteiger partial charge in [0.1, 0.15) is 28.2 Å². The highest BCUT2D eigenvalue weighted by Crippen LogP contribution is 2.37.